The number of nitrogens with zero attached hydrogens (tertiary/aromatic N) is 3. The second kappa shape index (κ2) is 7.13. The third kappa shape index (κ3) is 2.88. The fraction of sp³-hybridized carbons (Fsp3) is 0.500. The molecule has 1 aliphatic carbocycles. The van der Waals surface area contributed by atoms with Crippen molar-refractivity contribution in [1.29, 1.82) is 0 Å². The number of H-pyrrole nitrogens is 1. The van der Waals surface area contributed by atoms with E-state index in [1.165, 1.54) is 25.5 Å². The minimum absolute atomic E-state index is 0.114. The third-order valence-corrected chi connectivity index (χ3v) is 7.43. The van der Waals surface area contributed by atoms with Crippen molar-refractivity contribution in [2.45, 2.75) is 51.7 Å². The summed E-state index contributed by atoms with van der Waals surface area (Å²) in [6.45, 7) is 8.06. The van der Waals surface area contributed by atoms with Gasteiger partial charge in [0.05, 0.1) is 16.7 Å². The Balaban J connectivity index is 1.51. The molecule has 5 nitrogen and oxygen atoms in total. The molecule has 0 amide bonds. The molecule has 1 aliphatic heterocycles. The second-order valence-electron chi connectivity index (χ2n) is 9.21. The number of halogens is 1. The molecule has 1 unspecified atom stereocenters. The smallest absolute Gasteiger partial charge is 0.150 e. The van der Waals surface area contributed by atoms with E-state index in [4.69, 9.17) is 4.98 Å². The van der Waals surface area contributed by atoms with Gasteiger partial charge in [-0.15, -0.1) is 0 Å². The van der Waals surface area contributed by atoms with Gasteiger partial charge in [0.2, 0.25) is 0 Å². The van der Waals surface area contributed by atoms with Gasteiger partial charge in [0, 0.05) is 60.2 Å². The maximum atomic E-state index is 14.3. The van der Waals surface area contributed by atoms with Crippen LogP contribution in [0.5, 0.6) is 0 Å². The van der Waals surface area contributed by atoms with Crippen molar-refractivity contribution in [2.75, 3.05) is 13.1 Å². The number of hydrogen-bond donors (Lipinski definition) is 2. The Hall–Kier alpha value is -2.31. The van der Waals surface area contributed by atoms with Gasteiger partial charge in [-0.1, -0.05) is 26.3 Å². The molecule has 3 aromatic heterocycles. The van der Waals surface area contributed by atoms with E-state index in [1.54, 1.807) is 12.3 Å². The van der Waals surface area contributed by atoms with E-state index in [1.807, 2.05) is 19.1 Å². The minimum Gasteiger partial charge on any atom is -0.384 e. The molecule has 3 aromatic rings. The lowest BCUT2D eigenvalue weighted by Gasteiger charge is -2.52. The molecule has 0 aromatic carbocycles. The van der Waals surface area contributed by atoms with Gasteiger partial charge in [-0.05, 0) is 31.9 Å². The zero-order chi connectivity index (χ0) is 21.0. The molecule has 2 aliphatic rings. The lowest BCUT2D eigenvalue weighted by atomic mass is 9.69. The fourth-order valence-corrected chi connectivity index (χ4v) is 5.49. The molecule has 4 heterocycles. The highest BCUT2D eigenvalue weighted by molar-refractivity contribution is 5.92. The Labute approximate surface area is 176 Å². The maximum Gasteiger partial charge on any atom is 0.150 e. The van der Waals surface area contributed by atoms with Crippen LogP contribution in [0.2, 0.25) is 0 Å². The molecule has 158 valence electrons. The van der Waals surface area contributed by atoms with Gasteiger partial charge in [0.1, 0.15) is 5.65 Å². The predicted octanol–water partition coefficient (Wildman–Crippen LogP) is 4.40. The average Bonchev–Trinajstić information content (AvgIpc) is 3.06. The van der Waals surface area contributed by atoms with Crippen molar-refractivity contribution in [1.82, 2.24) is 19.9 Å². The summed E-state index contributed by atoms with van der Waals surface area (Å²) in [7, 11) is 0. The normalized spacial score (nSPS) is 28.0. The zero-order valence-corrected chi connectivity index (χ0v) is 17.8. The third-order valence-electron chi connectivity index (χ3n) is 7.43. The Morgan fingerprint density at radius 1 is 1.17 bits per heavy atom. The predicted molar refractivity (Wildman–Crippen MR) is 115 cm³/mol. The number of likely N-dealkylation sites (tertiary alicyclic amines) is 1. The van der Waals surface area contributed by atoms with Gasteiger partial charge in [-0.25, -0.2) is 9.37 Å². The number of aliphatic hydroxyl groups is 1. The first-order valence-electron chi connectivity index (χ1n) is 11.0. The van der Waals surface area contributed by atoms with E-state index in [0.717, 1.165) is 24.3 Å². The van der Waals surface area contributed by atoms with Crippen molar-refractivity contribution in [3.63, 3.8) is 0 Å². The fourth-order valence-electron chi connectivity index (χ4n) is 5.49. The van der Waals surface area contributed by atoms with Crippen LogP contribution in [0.4, 0.5) is 4.39 Å². The van der Waals surface area contributed by atoms with Crippen LogP contribution in [0.3, 0.4) is 0 Å². The Morgan fingerprint density at radius 2 is 1.90 bits per heavy atom. The number of nitrogens with one attached hydrogen (secondary N) is 1. The van der Waals surface area contributed by atoms with E-state index in [-0.39, 0.29) is 17.7 Å². The molecule has 0 bridgehead atoms. The number of pyridine rings is 2. The molecule has 2 fully saturated rings. The van der Waals surface area contributed by atoms with Crippen molar-refractivity contribution in [3.05, 3.63) is 47.7 Å². The minimum atomic E-state index is -0.914. The van der Waals surface area contributed by atoms with E-state index in [9.17, 15) is 9.50 Å². The van der Waals surface area contributed by atoms with Crippen molar-refractivity contribution in [3.8, 4) is 11.3 Å². The molecule has 0 radical (unpaired) electrons. The quantitative estimate of drug-likeness (QED) is 0.674. The molecule has 1 saturated heterocycles. The Morgan fingerprint density at radius 3 is 2.53 bits per heavy atom. The molecule has 5 rings (SSSR count). The van der Waals surface area contributed by atoms with Crippen molar-refractivity contribution < 1.29 is 9.50 Å². The van der Waals surface area contributed by atoms with Crippen LogP contribution >= 0.6 is 0 Å². The molecule has 1 saturated carbocycles. The summed E-state index contributed by atoms with van der Waals surface area (Å²) in [5.74, 6) is -0.105. The molecule has 3 atom stereocenters. The molecular weight excluding hydrogens is 379 g/mol. The van der Waals surface area contributed by atoms with Gasteiger partial charge in [0.15, 0.2) is 5.82 Å². The van der Waals surface area contributed by atoms with Crippen molar-refractivity contribution >= 4 is 11.0 Å². The highest BCUT2D eigenvalue weighted by atomic mass is 19.1. The summed E-state index contributed by atoms with van der Waals surface area (Å²) in [6.07, 6.45) is 6.87. The SMILES string of the molecule is Cc1nc(-c2ccnc3[nH]cc(F)c23)ccc1C1(O)[C@H](C)CN(C2CCC2)C[C@@H]1C. The lowest BCUT2D eigenvalue weighted by molar-refractivity contribution is -0.126. The van der Waals surface area contributed by atoms with Crippen LogP contribution in [-0.2, 0) is 5.60 Å². The van der Waals surface area contributed by atoms with E-state index in [2.05, 4.69) is 28.7 Å². The number of piperidine rings is 1. The largest absolute Gasteiger partial charge is 0.384 e. The van der Waals surface area contributed by atoms with Crippen LogP contribution in [0.1, 0.15) is 44.4 Å². The second-order valence-corrected chi connectivity index (χ2v) is 9.21. The van der Waals surface area contributed by atoms with Gasteiger partial charge in [-0.3, -0.25) is 9.88 Å². The van der Waals surface area contributed by atoms with Gasteiger partial charge in [0.25, 0.3) is 0 Å². The molecule has 0 spiro atoms. The van der Waals surface area contributed by atoms with E-state index >= 15 is 0 Å². The first-order valence-corrected chi connectivity index (χ1v) is 11.0. The first-order chi connectivity index (χ1) is 14.4. The summed E-state index contributed by atoms with van der Waals surface area (Å²) < 4.78 is 14.3. The Kier molecular flexibility index (Phi) is 4.67. The van der Waals surface area contributed by atoms with Crippen LogP contribution in [-0.4, -0.2) is 44.1 Å². The van der Waals surface area contributed by atoms with Gasteiger partial charge >= 0.3 is 0 Å². The summed E-state index contributed by atoms with van der Waals surface area (Å²) in [6, 6.07) is 6.36. The number of fused-ring (bicyclic) bond motifs is 1. The highest BCUT2D eigenvalue weighted by Gasteiger charge is 2.48. The number of aromatic amines is 1. The summed E-state index contributed by atoms with van der Waals surface area (Å²) in [5.41, 5.74) is 2.69. The maximum absolute atomic E-state index is 14.3. The zero-order valence-electron chi connectivity index (χ0n) is 17.8. The molecule has 6 heteroatoms. The summed E-state index contributed by atoms with van der Waals surface area (Å²) >= 11 is 0. The number of rotatable bonds is 3. The number of aryl methyl sites for hydroxylation is 1. The van der Waals surface area contributed by atoms with Gasteiger partial charge in [-0.2, -0.15) is 0 Å². The van der Waals surface area contributed by atoms with E-state index < -0.39 is 5.60 Å². The topological polar surface area (TPSA) is 65.0 Å². The van der Waals surface area contributed by atoms with Crippen LogP contribution in [0, 0.1) is 24.6 Å². The monoisotopic (exact) mass is 408 g/mol. The molecule has 30 heavy (non-hydrogen) atoms. The van der Waals surface area contributed by atoms with Crippen LogP contribution in [0.15, 0.2) is 30.6 Å². The summed E-state index contributed by atoms with van der Waals surface area (Å²) in [4.78, 5) is 14.4. The van der Waals surface area contributed by atoms with Crippen LogP contribution < -0.4 is 0 Å². The van der Waals surface area contributed by atoms with Crippen LogP contribution in [0.25, 0.3) is 22.3 Å². The van der Waals surface area contributed by atoms with Gasteiger partial charge < -0.3 is 10.1 Å². The molecule has 2 N–H and O–H groups in total. The number of hydrogen-bond acceptors (Lipinski definition) is 4. The highest BCUT2D eigenvalue weighted by Crippen LogP contribution is 2.44. The first kappa shape index (κ1) is 19.6. The average molecular weight is 409 g/mol. The lowest BCUT2D eigenvalue weighted by Crippen LogP contribution is -2.58. The standard InChI is InChI=1S/C24H29FN4O/c1-14-12-29(17-5-4-6-17)13-15(2)24(14,30)19-7-8-21(28-16(19)3)18-9-10-26-23-22(18)20(25)11-27-23/h7-11,14-15,17,30H,4-6,12-13H2,1-3H3,(H,26,27)/t14-,15+,24?. The molecular formula is C24H29FN4O. The van der Waals surface area contributed by atoms with Crippen molar-refractivity contribution in [2.24, 2.45) is 11.8 Å². The van der Waals surface area contributed by atoms with E-state index in [0.29, 0.717) is 28.3 Å². The summed E-state index contributed by atoms with van der Waals surface area (Å²) in [5, 5.41) is 12.3. The Bertz CT molecular complexity index is 1080. The number of aromatic nitrogens is 3.